The average molecular weight is 267 g/mol. The number of anilines is 1. The maximum atomic E-state index is 5.64. The van der Waals surface area contributed by atoms with Gasteiger partial charge in [-0.1, -0.05) is 30.3 Å². The molecule has 104 valence electrons. The smallest absolute Gasteiger partial charge is 0.142 e. The van der Waals surface area contributed by atoms with Crippen molar-refractivity contribution < 1.29 is 4.74 Å². The standard InChI is InChI=1S/C18H21NO/c1-2-20-18-9-4-3-8-17(18)19-13-14-10-11-15-6-5-7-16(15)12-14/h3-4,8-12,19H,2,5-7,13H2,1H3. The highest BCUT2D eigenvalue weighted by Crippen LogP contribution is 2.26. The molecule has 2 nitrogen and oxygen atoms in total. The van der Waals surface area contributed by atoms with Crippen LogP contribution in [-0.2, 0) is 19.4 Å². The molecule has 0 radical (unpaired) electrons. The van der Waals surface area contributed by atoms with Gasteiger partial charge in [-0.2, -0.15) is 0 Å². The SMILES string of the molecule is CCOc1ccccc1NCc1ccc2c(c1)CCC2. The van der Waals surface area contributed by atoms with Crippen molar-refractivity contribution in [2.75, 3.05) is 11.9 Å². The third kappa shape index (κ3) is 2.79. The van der Waals surface area contributed by atoms with Gasteiger partial charge >= 0.3 is 0 Å². The van der Waals surface area contributed by atoms with E-state index in [1.807, 2.05) is 25.1 Å². The van der Waals surface area contributed by atoms with Gasteiger partial charge in [0.1, 0.15) is 5.75 Å². The van der Waals surface area contributed by atoms with Gasteiger partial charge in [-0.15, -0.1) is 0 Å². The molecule has 1 aliphatic rings. The van der Waals surface area contributed by atoms with E-state index < -0.39 is 0 Å². The Kier molecular flexibility index (Phi) is 3.91. The lowest BCUT2D eigenvalue weighted by Crippen LogP contribution is -2.03. The van der Waals surface area contributed by atoms with Gasteiger partial charge in [-0.25, -0.2) is 0 Å². The van der Waals surface area contributed by atoms with E-state index in [-0.39, 0.29) is 0 Å². The fourth-order valence-electron chi connectivity index (χ4n) is 2.83. The van der Waals surface area contributed by atoms with E-state index in [1.54, 1.807) is 0 Å². The fraction of sp³-hybridized carbons (Fsp3) is 0.333. The third-order valence-corrected chi connectivity index (χ3v) is 3.83. The zero-order valence-electron chi connectivity index (χ0n) is 12.0. The minimum absolute atomic E-state index is 0.692. The Hall–Kier alpha value is -1.96. The van der Waals surface area contributed by atoms with Gasteiger partial charge in [0.05, 0.1) is 12.3 Å². The maximum absolute atomic E-state index is 5.64. The molecule has 0 fully saturated rings. The largest absolute Gasteiger partial charge is 0.492 e. The molecule has 0 atom stereocenters. The fourth-order valence-corrected chi connectivity index (χ4v) is 2.83. The van der Waals surface area contributed by atoms with Crippen LogP contribution in [-0.4, -0.2) is 6.61 Å². The molecule has 0 bridgehead atoms. The first-order valence-electron chi connectivity index (χ1n) is 7.43. The third-order valence-electron chi connectivity index (χ3n) is 3.83. The first-order chi connectivity index (χ1) is 9.86. The van der Waals surface area contributed by atoms with Crippen LogP contribution in [0, 0.1) is 0 Å². The second kappa shape index (κ2) is 6.00. The Morgan fingerprint density at radius 3 is 2.80 bits per heavy atom. The lowest BCUT2D eigenvalue weighted by atomic mass is 10.1. The Bertz CT molecular complexity index is 592. The molecule has 0 aliphatic heterocycles. The highest BCUT2D eigenvalue weighted by molar-refractivity contribution is 5.56. The Morgan fingerprint density at radius 2 is 1.90 bits per heavy atom. The van der Waals surface area contributed by atoms with Gasteiger partial charge in [0.15, 0.2) is 0 Å². The topological polar surface area (TPSA) is 21.3 Å². The second-order valence-corrected chi connectivity index (χ2v) is 5.24. The van der Waals surface area contributed by atoms with Crippen LogP contribution in [0.4, 0.5) is 5.69 Å². The van der Waals surface area contributed by atoms with Crippen molar-refractivity contribution in [2.24, 2.45) is 0 Å². The summed E-state index contributed by atoms with van der Waals surface area (Å²) in [5.74, 6) is 0.927. The number of ether oxygens (including phenoxy) is 1. The van der Waals surface area contributed by atoms with Crippen LogP contribution in [0.5, 0.6) is 5.75 Å². The molecule has 2 aromatic rings. The molecule has 20 heavy (non-hydrogen) atoms. The van der Waals surface area contributed by atoms with E-state index in [0.29, 0.717) is 6.61 Å². The van der Waals surface area contributed by atoms with E-state index in [1.165, 1.54) is 36.0 Å². The van der Waals surface area contributed by atoms with E-state index in [0.717, 1.165) is 18.0 Å². The zero-order valence-corrected chi connectivity index (χ0v) is 12.0. The maximum Gasteiger partial charge on any atom is 0.142 e. The molecular weight excluding hydrogens is 246 g/mol. The summed E-state index contributed by atoms with van der Waals surface area (Å²) in [4.78, 5) is 0. The summed E-state index contributed by atoms with van der Waals surface area (Å²) in [6.45, 7) is 3.55. The molecule has 0 saturated carbocycles. The number of fused-ring (bicyclic) bond motifs is 1. The Morgan fingerprint density at radius 1 is 1.05 bits per heavy atom. The van der Waals surface area contributed by atoms with Crippen LogP contribution >= 0.6 is 0 Å². The second-order valence-electron chi connectivity index (χ2n) is 5.24. The summed E-state index contributed by atoms with van der Waals surface area (Å²) in [6.07, 6.45) is 3.79. The molecule has 3 rings (SSSR count). The summed E-state index contributed by atoms with van der Waals surface area (Å²) >= 11 is 0. The van der Waals surface area contributed by atoms with Crippen LogP contribution in [0.3, 0.4) is 0 Å². The zero-order chi connectivity index (χ0) is 13.8. The number of hydrogen-bond acceptors (Lipinski definition) is 2. The Balaban J connectivity index is 1.70. The molecule has 0 saturated heterocycles. The first kappa shape index (κ1) is 13.0. The molecule has 0 unspecified atom stereocenters. The highest BCUT2D eigenvalue weighted by Gasteiger charge is 2.10. The van der Waals surface area contributed by atoms with Gasteiger partial charge in [0, 0.05) is 6.54 Å². The van der Waals surface area contributed by atoms with Crippen molar-refractivity contribution in [1.82, 2.24) is 0 Å². The molecule has 0 amide bonds. The highest BCUT2D eigenvalue weighted by atomic mass is 16.5. The van der Waals surface area contributed by atoms with Crippen LogP contribution in [0.1, 0.15) is 30.0 Å². The normalized spacial score (nSPS) is 13.1. The van der Waals surface area contributed by atoms with Crippen molar-refractivity contribution in [3.8, 4) is 5.75 Å². The predicted octanol–water partition coefficient (Wildman–Crippen LogP) is 4.19. The number of aryl methyl sites for hydroxylation is 2. The number of para-hydroxylation sites is 2. The molecular formula is C18H21NO. The minimum Gasteiger partial charge on any atom is -0.492 e. The molecule has 0 heterocycles. The van der Waals surface area contributed by atoms with Crippen molar-refractivity contribution >= 4 is 5.69 Å². The van der Waals surface area contributed by atoms with Gasteiger partial charge in [-0.05, 0) is 55.0 Å². The molecule has 2 heteroatoms. The van der Waals surface area contributed by atoms with Gasteiger partial charge in [-0.3, -0.25) is 0 Å². The minimum atomic E-state index is 0.692. The lowest BCUT2D eigenvalue weighted by molar-refractivity contribution is 0.341. The monoisotopic (exact) mass is 267 g/mol. The van der Waals surface area contributed by atoms with Crippen molar-refractivity contribution in [1.29, 1.82) is 0 Å². The van der Waals surface area contributed by atoms with Crippen molar-refractivity contribution in [3.63, 3.8) is 0 Å². The van der Waals surface area contributed by atoms with Crippen molar-refractivity contribution in [2.45, 2.75) is 32.7 Å². The number of nitrogens with one attached hydrogen (secondary N) is 1. The Labute approximate surface area is 120 Å². The number of benzene rings is 2. The summed E-state index contributed by atoms with van der Waals surface area (Å²) in [7, 11) is 0. The predicted molar refractivity (Wildman–Crippen MR) is 83.4 cm³/mol. The summed E-state index contributed by atoms with van der Waals surface area (Å²) in [6, 6.07) is 15.0. The summed E-state index contributed by atoms with van der Waals surface area (Å²) in [5.41, 5.74) is 5.47. The van der Waals surface area contributed by atoms with E-state index in [4.69, 9.17) is 4.74 Å². The van der Waals surface area contributed by atoms with Crippen molar-refractivity contribution in [3.05, 3.63) is 59.2 Å². The molecule has 1 aliphatic carbocycles. The molecule has 2 aromatic carbocycles. The first-order valence-corrected chi connectivity index (χ1v) is 7.43. The van der Waals surface area contributed by atoms with Crippen LogP contribution in [0.25, 0.3) is 0 Å². The number of rotatable bonds is 5. The van der Waals surface area contributed by atoms with E-state index >= 15 is 0 Å². The van der Waals surface area contributed by atoms with Gasteiger partial charge in [0.25, 0.3) is 0 Å². The van der Waals surface area contributed by atoms with Crippen LogP contribution in [0.2, 0.25) is 0 Å². The van der Waals surface area contributed by atoms with E-state index in [2.05, 4.69) is 29.6 Å². The van der Waals surface area contributed by atoms with Gasteiger partial charge in [0.2, 0.25) is 0 Å². The van der Waals surface area contributed by atoms with Gasteiger partial charge < -0.3 is 10.1 Å². The molecule has 1 N–H and O–H groups in total. The van der Waals surface area contributed by atoms with Crippen LogP contribution < -0.4 is 10.1 Å². The lowest BCUT2D eigenvalue weighted by Gasteiger charge is -2.12. The molecule has 0 spiro atoms. The average Bonchev–Trinajstić information content (AvgIpc) is 2.94. The van der Waals surface area contributed by atoms with E-state index in [9.17, 15) is 0 Å². The summed E-state index contributed by atoms with van der Waals surface area (Å²) in [5, 5.41) is 3.48. The van der Waals surface area contributed by atoms with Crippen LogP contribution in [0.15, 0.2) is 42.5 Å². The number of hydrogen-bond donors (Lipinski definition) is 1. The quantitative estimate of drug-likeness (QED) is 0.877. The molecule has 0 aromatic heterocycles. The summed E-state index contributed by atoms with van der Waals surface area (Å²) < 4.78 is 5.64.